The summed E-state index contributed by atoms with van der Waals surface area (Å²) in [5.41, 5.74) is -1.09. The second kappa shape index (κ2) is 8.77. The molecule has 4 rings (SSSR count). The van der Waals surface area contributed by atoms with Crippen LogP contribution in [0.15, 0.2) is 30.3 Å². The number of ketones is 1. The molecule has 4 amide bonds. The fourth-order valence-electron chi connectivity index (χ4n) is 5.77. The van der Waals surface area contributed by atoms with Crippen LogP contribution in [0, 0.1) is 11.3 Å². The fraction of sp³-hybridized carbons (Fsp3) is 0.600. The summed E-state index contributed by atoms with van der Waals surface area (Å²) in [4.78, 5) is 55.8. The van der Waals surface area contributed by atoms with Crippen LogP contribution in [0.3, 0.4) is 0 Å². The molecule has 3 aliphatic rings. The molecule has 0 unspecified atom stereocenters. The summed E-state index contributed by atoms with van der Waals surface area (Å²) in [5, 5.41) is 0. The van der Waals surface area contributed by atoms with Gasteiger partial charge < -0.3 is 18.9 Å². The lowest BCUT2D eigenvalue weighted by Crippen LogP contribution is -2.72. The Hall–Kier alpha value is -2.66. The Morgan fingerprint density at radius 3 is 2.00 bits per heavy atom. The van der Waals surface area contributed by atoms with Gasteiger partial charge in [-0.3, -0.25) is 24.2 Å². The Balaban J connectivity index is 1.90. The Kier molecular flexibility index (Phi) is 6.38. The quantitative estimate of drug-likeness (QED) is 0.591. The van der Waals surface area contributed by atoms with Gasteiger partial charge in [0, 0.05) is 53.0 Å². The highest BCUT2D eigenvalue weighted by molar-refractivity contribution is 6.20. The van der Waals surface area contributed by atoms with Gasteiger partial charge in [0.1, 0.15) is 11.2 Å². The summed E-state index contributed by atoms with van der Waals surface area (Å²) in [7, 11) is 5.60. The molecule has 190 valence electrons. The summed E-state index contributed by atoms with van der Waals surface area (Å²) in [5.74, 6) is -5.79. The largest absolute Gasteiger partial charge is 0.349 e. The summed E-state index contributed by atoms with van der Waals surface area (Å²) in [6.45, 7) is 3.26. The third-order valence-corrected chi connectivity index (χ3v) is 8.06. The molecule has 1 aliphatic carbocycles. The van der Waals surface area contributed by atoms with Crippen LogP contribution in [0.25, 0.3) is 0 Å². The number of amides is 4. The maximum atomic E-state index is 14.0. The van der Waals surface area contributed by atoms with Crippen molar-refractivity contribution in [3.05, 3.63) is 35.9 Å². The third kappa shape index (κ3) is 3.54. The first-order chi connectivity index (χ1) is 16.5. The Bertz CT molecular complexity index is 1020. The normalized spacial score (nSPS) is 35.7. The van der Waals surface area contributed by atoms with Crippen LogP contribution in [0.4, 0.5) is 4.79 Å². The van der Waals surface area contributed by atoms with Gasteiger partial charge in [-0.15, -0.1) is 0 Å². The molecule has 1 spiro atoms. The van der Waals surface area contributed by atoms with Crippen molar-refractivity contribution >= 4 is 23.6 Å². The van der Waals surface area contributed by atoms with E-state index >= 15 is 0 Å². The molecule has 0 bridgehead atoms. The first-order valence-electron chi connectivity index (χ1n) is 11.6. The number of urea groups is 1. The van der Waals surface area contributed by atoms with E-state index in [-0.39, 0.29) is 25.2 Å². The molecule has 1 aromatic rings. The van der Waals surface area contributed by atoms with Crippen molar-refractivity contribution in [1.29, 1.82) is 0 Å². The molecular formula is C25H32N2O8. The van der Waals surface area contributed by atoms with Crippen molar-refractivity contribution in [2.24, 2.45) is 11.3 Å². The van der Waals surface area contributed by atoms with E-state index in [1.807, 2.05) is 6.07 Å². The van der Waals surface area contributed by atoms with Crippen molar-refractivity contribution in [2.75, 3.05) is 34.9 Å². The maximum Gasteiger partial charge on any atom is 0.332 e. The number of hydrogen-bond acceptors (Lipinski definition) is 8. The predicted octanol–water partition coefficient (Wildman–Crippen LogP) is 1.93. The topological polar surface area (TPSA) is 112 Å². The van der Waals surface area contributed by atoms with Crippen LogP contribution in [0.5, 0.6) is 0 Å². The second-order valence-corrected chi connectivity index (χ2v) is 9.66. The van der Waals surface area contributed by atoms with Crippen molar-refractivity contribution in [1.82, 2.24) is 9.80 Å². The van der Waals surface area contributed by atoms with E-state index in [1.54, 1.807) is 38.1 Å². The number of benzene rings is 1. The minimum absolute atomic E-state index is 0.0151. The summed E-state index contributed by atoms with van der Waals surface area (Å²) >= 11 is 0. The van der Waals surface area contributed by atoms with Crippen molar-refractivity contribution in [2.45, 2.75) is 50.3 Å². The van der Waals surface area contributed by atoms with Crippen LogP contribution < -0.4 is 0 Å². The number of rotatable bonds is 4. The highest BCUT2D eigenvalue weighted by atomic mass is 16.8. The van der Waals surface area contributed by atoms with Gasteiger partial charge >= 0.3 is 6.03 Å². The maximum absolute atomic E-state index is 14.0. The van der Waals surface area contributed by atoms with Gasteiger partial charge in [0.15, 0.2) is 0 Å². The van der Waals surface area contributed by atoms with E-state index in [0.717, 1.165) is 9.80 Å². The zero-order valence-corrected chi connectivity index (χ0v) is 20.9. The van der Waals surface area contributed by atoms with Gasteiger partial charge in [-0.1, -0.05) is 30.3 Å². The number of carbonyl (C=O) groups is 4. The zero-order valence-electron chi connectivity index (χ0n) is 20.9. The molecule has 0 aromatic heterocycles. The monoisotopic (exact) mass is 488 g/mol. The molecule has 0 radical (unpaired) electrons. The van der Waals surface area contributed by atoms with Gasteiger partial charge in [-0.05, 0) is 19.4 Å². The summed E-state index contributed by atoms with van der Waals surface area (Å²) < 4.78 is 23.6. The number of imide groups is 2. The molecule has 10 heteroatoms. The molecule has 0 N–H and O–H groups in total. The summed E-state index contributed by atoms with van der Waals surface area (Å²) in [6.07, 6.45) is -0.978. The predicted molar refractivity (Wildman–Crippen MR) is 122 cm³/mol. The van der Waals surface area contributed by atoms with Crippen LogP contribution in [0.1, 0.15) is 38.2 Å². The number of nitrogens with zero attached hydrogens (tertiary/aromatic N) is 2. The molecule has 1 saturated carbocycles. The lowest BCUT2D eigenvalue weighted by Gasteiger charge is -2.56. The van der Waals surface area contributed by atoms with Crippen molar-refractivity contribution in [3.63, 3.8) is 0 Å². The van der Waals surface area contributed by atoms with Gasteiger partial charge in [0.05, 0.1) is 12.7 Å². The van der Waals surface area contributed by atoms with Crippen LogP contribution in [-0.2, 0) is 33.3 Å². The van der Waals surface area contributed by atoms with Gasteiger partial charge in [0.25, 0.3) is 0 Å². The molecule has 10 nitrogen and oxygen atoms in total. The van der Waals surface area contributed by atoms with Crippen LogP contribution in [-0.4, -0.2) is 86.0 Å². The standard InChI is InChI=1S/C25H32N2O8/c1-23(32-5)24(2,33-6)35-19(14-34-23)18-13-16(28)12-17(15-10-8-7-9-11-15)25(18)20(29)26(3)22(31)27(4)21(25)30/h7-11,17-19H,12-14H2,1-6H3/t17-,18+,19-,23-,24-/m1/s1. The number of ether oxygens (including phenoxy) is 4. The molecule has 2 saturated heterocycles. The van der Waals surface area contributed by atoms with E-state index in [9.17, 15) is 19.2 Å². The van der Waals surface area contributed by atoms with E-state index in [1.165, 1.54) is 28.3 Å². The SMILES string of the molecule is CO[C@]1(C)OC[C@H]([C@@H]2CC(=O)C[C@H](c3ccccc3)C23C(=O)N(C)C(=O)N(C)C3=O)O[C@@]1(C)OC. The second-order valence-electron chi connectivity index (χ2n) is 9.66. The van der Waals surface area contributed by atoms with E-state index < -0.39 is 52.8 Å². The van der Waals surface area contributed by atoms with E-state index in [0.29, 0.717) is 5.56 Å². The number of Topliss-reactive ketones (excluding diaryl/α,β-unsaturated/α-hetero) is 1. The fourth-order valence-corrected chi connectivity index (χ4v) is 5.77. The van der Waals surface area contributed by atoms with Crippen LogP contribution >= 0.6 is 0 Å². The Labute approximate surface area is 204 Å². The smallest absolute Gasteiger partial charge is 0.332 e. The zero-order chi connectivity index (χ0) is 25.8. The average Bonchev–Trinajstić information content (AvgIpc) is 2.87. The molecular weight excluding hydrogens is 456 g/mol. The highest BCUT2D eigenvalue weighted by Crippen LogP contribution is 2.56. The average molecular weight is 489 g/mol. The number of carbonyl (C=O) groups excluding carboxylic acids is 4. The van der Waals surface area contributed by atoms with Gasteiger partial charge in [-0.25, -0.2) is 4.79 Å². The number of barbiturate groups is 1. The molecule has 2 aliphatic heterocycles. The minimum Gasteiger partial charge on any atom is -0.349 e. The molecule has 35 heavy (non-hydrogen) atoms. The Morgan fingerprint density at radius 2 is 1.46 bits per heavy atom. The first kappa shape index (κ1) is 25.4. The molecule has 2 heterocycles. The summed E-state index contributed by atoms with van der Waals surface area (Å²) in [6, 6.07) is 8.26. The van der Waals surface area contributed by atoms with E-state index in [2.05, 4.69) is 0 Å². The Morgan fingerprint density at radius 1 is 0.886 bits per heavy atom. The number of hydrogen-bond donors (Lipinski definition) is 0. The highest BCUT2D eigenvalue weighted by Gasteiger charge is 2.69. The van der Waals surface area contributed by atoms with Crippen molar-refractivity contribution in [3.8, 4) is 0 Å². The lowest BCUT2D eigenvalue weighted by molar-refractivity contribution is -0.437. The van der Waals surface area contributed by atoms with E-state index in [4.69, 9.17) is 18.9 Å². The first-order valence-corrected chi connectivity index (χ1v) is 11.6. The lowest BCUT2D eigenvalue weighted by atomic mass is 9.54. The van der Waals surface area contributed by atoms with Gasteiger partial charge in [0.2, 0.25) is 23.4 Å². The minimum atomic E-state index is -1.75. The molecule has 3 fully saturated rings. The third-order valence-electron chi connectivity index (χ3n) is 8.06. The van der Waals surface area contributed by atoms with Gasteiger partial charge in [-0.2, -0.15) is 0 Å². The van der Waals surface area contributed by atoms with Crippen LogP contribution in [0.2, 0.25) is 0 Å². The molecule has 5 atom stereocenters. The number of methoxy groups -OCH3 is 2. The van der Waals surface area contributed by atoms with Crippen molar-refractivity contribution < 1.29 is 38.1 Å². The molecule has 1 aromatic carbocycles.